The minimum Gasteiger partial charge on any atom is -0.271 e. The molecule has 0 heterocycles. The highest BCUT2D eigenvalue weighted by atomic mass is 35.5. The number of hydrogen-bond acceptors (Lipinski definition) is 2. The molecule has 0 bridgehead atoms. The molecule has 0 aromatic heterocycles. The van der Waals surface area contributed by atoms with Gasteiger partial charge in [0.2, 0.25) is 0 Å². The van der Waals surface area contributed by atoms with E-state index < -0.39 is 0 Å². The van der Waals surface area contributed by atoms with Crippen LogP contribution in [-0.2, 0) is 0 Å². The first-order valence-electron chi connectivity index (χ1n) is 5.70. The Morgan fingerprint density at radius 3 is 2.37 bits per heavy atom. The Hall–Kier alpha value is -0.770. The molecule has 2 nitrogen and oxygen atoms in total. The van der Waals surface area contributed by atoms with Gasteiger partial charge in [-0.05, 0) is 47.9 Å². The topological polar surface area (TPSA) is 38.0 Å². The molecule has 0 aliphatic heterocycles. The molecule has 0 aliphatic rings. The van der Waals surface area contributed by atoms with Crippen LogP contribution in [0, 0.1) is 6.92 Å². The number of nitrogens with one attached hydrogen (secondary N) is 1. The third-order valence-corrected chi connectivity index (χ3v) is 3.97. The lowest BCUT2D eigenvalue weighted by molar-refractivity contribution is 0.634. The first-order valence-corrected chi connectivity index (χ1v) is 6.83. The van der Waals surface area contributed by atoms with Crippen LogP contribution in [0.15, 0.2) is 36.4 Å². The Balaban J connectivity index is 2.49. The molecule has 2 aromatic carbocycles. The zero-order valence-corrected chi connectivity index (χ0v) is 12.5. The average Bonchev–Trinajstić information content (AvgIpc) is 2.38. The number of halogens is 3. The molecule has 19 heavy (non-hydrogen) atoms. The van der Waals surface area contributed by atoms with Gasteiger partial charge >= 0.3 is 0 Å². The highest BCUT2D eigenvalue weighted by Gasteiger charge is 2.16. The van der Waals surface area contributed by atoms with Crippen LogP contribution >= 0.6 is 34.8 Å². The monoisotopic (exact) mass is 314 g/mol. The lowest BCUT2D eigenvalue weighted by Gasteiger charge is -2.20. The Morgan fingerprint density at radius 2 is 1.74 bits per heavy atom. The Morgan fingerprint density at radius 1 is 1.00 bits per heavy atom. The van der Waals surface area contributed by atoms with Crippen molar-refractivity contribution in [2.45, 2.75) is 13.0 Å². The standard InChI is InChI=1S/C14H13Cl3N2/c1-8-2-4-10(15)7-11(8)14(19-18)9-3-5-12(16)13(17)6-9/h2-7,14,19H,18H2,1H3. The quantitative estimate of drug-likeness (QED) is 0.646. The second-order valence-corrected chi connectivity index (χ2v) is 5.52. The first-order chi connectivity index (χ1) is 9.02. The van der Waals surface area contributed by atoms with Crippen LogP contribution in [-0.4, -0.2) is 0 Å². The summed E-state index contributed by atoms with van der Waals surface area (Å²) in [5, 5.41) is 1.68. The van der Waals surface area contributed by atoms with E-state index in [1.165, 1.54) is 0 Å². The molecule has 0 radical (unpaired) electrons. The summed E-state index contributed by atoms with van der Waals surface area (Å²) in [4.78, 5) is 0. The van der Waals surface area contributed by atoms with E-state index >= 15 is 0 Å². The summed E-state index contributed by atoms with van der Waals surface area (Å²) in [6, 6.07) is 11.0. The fourth-order valence-corrected chi connectivity index (χ4v) is 2.47. The minimum atomic E-state index is -0.187. The second kappa shape index (κ2) is 6.12. The number of aryl methyl sites for hydroxylation is 1. The molecule has 3 N–H and O–H groups in total. The Labute approximate surface area is 127 Å². The van der Waals surface area contributed by atoms with E-state index in [0.29, 0.717) is 15.1 Å². The van der Waals surface area contributed by atoms with Gasteiger partial charge in [0, 0.05) is 5.02 Å². The number of hydrazine groups is 1. The normalized spacial score (nSPS) is 12.5. The largest absolute Gasteiger partial charge is 0.271 e. The molecule has 5 heteroatoms. The molecule has 0 spiro atoms. The average molecular weight is 316 g/mol. The van der Waals surface area contributed by atoms with Crippen LogP contribution in [0.25, 0.3) is 0 Å². The van der Waals surface area contributed by atoms with Crippen LogP contribution in [0.1, 0.15) is 22.7 Å². The summed E-state index contributed by atoms with van der Waals surface area (Å²) < 4.78 is 0. The van der Waals surface area contributed by atoms with E-state index in [1.807, 2.05) is 31.2 Å². The Kier molecular flexibility index (Phi) is 4.71. The molecule has 1 atom stereocenters. The molecule has 0 amide bonds. The van der Waals surface area contributed by atoms with E-state index in [4.69, 9.17) is 40.6 Å². The van der Waals surface area contributed by atoms with Crippen LogP contribution in [0.5, 0.6) is 0 Å². The number of hydrogen-bond donors (Lipinski definition) is 2. The van der Waals surface area contributed by atoms with Crippen LogP contribution in [0.3, 0.4) is 0 Å². The minimum absolute atomic E-state index is 0.187. The highest BCUT2D eigenvalue weighted by Crippen LogP contribution is 2.30. The predicted molar refractivity (Wildman–Crippen MR) is 81.8 cm³/mol. The molecule has 0 saturated heterocycles. The van der Waals surface area contributed by atoms with Gasteiger partial charge in [0.15, 0.2) is 0 Å². The van der Waals surface area contributed by atoms with Crippen molar-refractivity contribution in [3.05, 3.63) is 68.2 Å². The van der Waals surface area contributed by atoms with Crippen molar-refractivity contribution in [2.24, 2.45) is 5.84 Å². The van der Waals surface area contributed by atoms with Crippen molar-refractivity contribution in [3.8, 4) is 0 Å². The summed E-state index contributed by atoms with van der Waals surface area (Å²) in [6.07, 6.45) is 0. The van der Waals surface area contributed by atoms with Crippen molar-refractivity contribution >= 4 is 34.8 Å². The third kappa shape index (κ3) is 3.22. The van der Waals surface area contributed by atoms with Gasteiger partial charge in [0.1, 0.15) is 0 Å². The van der Waals surface area contributed by atoms with Gasteiger partial charge < -0.3 is 0 Å². The number of rotatable bonds is 3. The van der Waals surface area contributed by atoms with E-state index in [0.717, 1.165) is 16.7 Å². The van der Waals surface area contributed by atoms with Gasteiger partial charge in [-0.2, -0.15) is 0 Å². The molecule has 0 saturated carbocycles. The smallest absolute Gasteiger partial charge is 0.0713 e. The molecule has 1 unspecified atom stereocenters. The maximum Gasteiger partial charge on any atom is 0.0713 e. The van der Waals surface area contributed by atoms with Crippen LogP contribution in [0.4, 0.5) is 0 Å². The first kappa shape index (κ1) is 14.6. The van der Waals surface area contributed by atoms with E-state index in [-0.39, 0.29) is 6.04 Å². The van der Waals surface area contributed by atoms with Gasteiger partial charge in [-0.1, -0.05) is 46.9 Å². The summed E-state index contributed by atoms with van der Waals surface area (Å²) in [5.41, 5.74) is 5.83. The van der Waals surface area contributed by atoms with E-state index in [1.54, 1.807) is 12.1 Å². The maximum absolute atomic E-state index is 6.05. The molecular formula is C14H13Cl3N2. The molecule has 100 valence electrons. The van der Waals surface area contributed by atoms with E-state index in [2.05, 4.69) is 5.43 Å². The van der Waals surface area contributed by atoms with Crippen molar-refractivity contribution in [1.82, 2.24) is 5.43 Å². The molecule has 2 rings (SSSR count). The summed E-state index contributed by atoms with van der Waals surface area (Å²) >= 11 is 18.0. The summed E-state index contributed by atoms with van der Waals surface area (Å²) in [7, 11) is 0. The van der Waals surface area contributed by atoms with Gasteiger partial charge in [0.25, 0.3) is 0 Å². The molecular weight excluding hydrogens is 303 g/mol. The molecule has 0 fully saturated rings. The van der Waals surface area contributed by atoms with Gasteiger partial charge in [-0.15, -0.1) is 0 Å². The predicted octanol–water partition coefficient (Wildman–Crippen LogP) is 4.51. The van der Waals surface area contributed by atoms with Crippen molar-refractivity contribution < 1.29 is 0 Å². The second-order valence-electron chi connectivity index (χ2n) is 4.27. The Bertz CT molecular complexity index is 599. The highest BCUT2D eigenvalue weighted by molar-refractivity contribution is 6.42. The lowest BCUT2D eigenvalue weighted by Crippen LogP contribution is -2.29. The zero-order valence-electron chi connectivity index (χ0n) is 10.3. The van der Waals surface area contributed by atoms with E-state index in [9.17, 15) is 0 Å². The maximum atomic E-state index is 6.05. The van der Waals surface area contributed by atoms with Gasteiger partial charge in [-0.25, -0.2) is 5.43 Å². The summed E-state index contributed by atoms with van der Waals surface area (Å²) in [6.45, 7) is 2.01. The SMILES string of the molecule is Cc1ccc(Cl)cc1C(NN)c1ccc(Cl)c(Cl)c1. The summed E-state index contributed by atoms with van der Waals surface area (Å²) in [5.74, 6) is 5.67. The third-order valence-electron chi connectivity index (χ3n) is 3.00. The van der Waals surface area contributed by atoms with Gasteiger partial charge in [-0.3, -0.25) is 5.84 Å². The van der Waals surface area contributed by atoms with Crippen LogP contribution < -0.4 is 11.3 Å². The van der Waals surface area contributed by atoms with Crippen molar-refractivity contribution in [2.75, 3.05) is 0 Å². The number of benzene rings is 2. The molecule has 2 aromatic rings. The lowest BCUT2D eigenvalue weighted by atomic mass is 9.95. The zero-order chi connectivity index (χ0) is 14.0. The van der Waals surface area contributed by atoms with Crippen molar-refractivity contribution in [1.29, 1.82) is 0 Å². The van der Waals surface area contributed by atoms with Gasteiger partial charge in [0.05, 0.1) is 16.1 Å². The fraction of sp³-hybridized carbons (Fsp3) is 0.143. The van der Waals surface area contributed by atoms with Crippen molar-refractivity contribution in [3.63, 3.8) is 0 Å². The molecule has 0 aliphatic carbocycles. The van der Waals surface area contributed by atoms with Crippen LogP contribution in [0.2, 0.25) is 15.1 Å². The number of nitrogens with two attached hydrogens (primary N) is 1. The fourth-order valence-electron chi connectivity index (χ4n) is 1.98.